The number of carbonyl (C=O) groups excluding carboxylic acids is 3. The first kappa shape index (κ1) is 36.0. The van der Waals surface area contributed by atoms with Crippen LogP contribution in [0.25, 0.3) is 0 Å². The molecular weight excluding hydrogens is 312 g/mol. The van der Waals surface area contributed by atoms with E-state index in [-0.39, 0.29) is 15.8 Å². The average molecular weight is 335 g/mol. The van der Waals surface area contributed by atoms with Gasteiger partial charge in [-0.1, -0.05) is 0 Å². The first-order chi connectivity index (χ1) is 7.46. The molecule has 16 heavy (non-hydrogen) atoms. The SMILES string of the molecule is C[PH+](C)C.C[PH+](C)C.[CH-]=O.[CH-]=O.[CH-]=O.[Cl][Ni]. The van der Waals surface area contributed by atoms with E-state index in [1.807, 2.05) is 0 Å². The molecule has 7 heteroatoms. The van der Waals surface area contributed by atoms with Crippen LogP contribution >= 0.6 is 26.0 Å². The Morgan fingerprint density at radius 2 is 0.625 bits per heavy atom. The van der Waals surface area contributed by atoms with Crippen molar-refractivity contribution in [3.05, 3.63) is 0 Å². The van der Waals surface area contributed by atoms with Crippen LogP contribution in [0.1, 0.15) is 0 Å². The molecule has 105 valence electrons. The van der Waals surface area contributed by atoms with Crippen LogP contribution in [0.5, 0.6) is 0 Å². The van der Waals surface area contributed by atoms with Gasteiger partial charge in [0.15, 0.2) is 0 Å². The van der Waals surface area contributed by atoms with Gasteiger partial charge >= 0.3 is 24.8 Å². The number of rotatable bonds is 0. The first-order valence-electron chi connectivity index (χ1n) is 3.83. The van der Waals surface area contributed by atoms with Crippen molar-refractivity contribution in [3.63, 3.8) is 0 Å². The van der Waals surface area contributed by atoms with Crippen molar-refractivity contribution in [2.24, 2.45) is 0 Å². The molecule has 0 aromatic heterocycles. The Balaban J connectivity index is -0.0000000196. The fourth-order valence-electron chi connectivity index (χ4n) is 0. The molecule has 0 unspecified atom stereocenters. The molecule has 0 spiro atoms. The van der Waals surface area contributed by atoms with Gasteiger partial charge in [-0.2, -0.15) is 0 Å². The Morgan fingerprint density at radius 1 is 0.625 bits per heavy atom. The van der Waals surface area contributed by atoms with Gasteiger partial charge in [0, 0.05) is 40.0 Å². The normalized spacial score (nSPS) is 5.69. The molecule has 3 nitrogen and oxygen atoms in total. The van der Waals surface area contributed by atoms with Crippen LogP contribution in [0, 0.1) is 0 Å². The van der Waals surface area contributed by atoms with Gasteiger partial charge in [0.1, 0.15) is 0 Å². The van der Waals surface area contributed by atoms with E-state index in [0.717, 1.165) is 0 Å². The third kappa shape index (κ3) is 6400. The number of hydrogen-bond acceptors (Lipinski definition) is 3. The summed E-state index contributed by atoms with van der Waals surface area (Å²) in [5, 5.41) is 0. The zero-order valence-electron chi connectivity index (χ0n) is 10.7. The van der Waals surface area contributed by atoms with E-state index < -0.39 is 0 Å². The summed E-state index contributed by atoms with van der Waals surface area (Å²) in [6.07, 6.45) is 0. The summed E-state index contributed by atoms with van der Waals surface area (Å²) in [6.45, 7) is 23.4. The van der Waals surface area contributed by atoms with Gasteiger partial charge < -0.3 is 14.4 Å². The van der Waals surface area contributed by atoms with Crippen molar-refractivity contribution < 1.29 is 29.0 Å². The Bertz CT molecular complexity index is 65.5. The molecule has 0 aliphatic heterocycles. The standard InChI is InChI=1S/2C3H9P.3CHO.ClH.Ni/c2*1-4(2)3;3*1-2;;/h2*1-3H3;3*1H;1H;/q;;3*-1;;+1/p+1. The van der Waals surface area contributed by atoms with Crippen LogP contribution < -0.4 is 0 Å². The molecule has 0 radical (unpaired) electrons. The third-order valence-corrected chi connectivity index (χ3v) is 0. The first-order valence-corrected chi connectivity index (χ1v) is 11.2. The summed E-state index contributed by atoms with van der Waals surface area (Å²) in [6, 6.07) is 0. The fourth-order valence-corrected chi connectivity index (χ4v) is 0. The van der Waals surface area contributed by atoms with E-state index in [1.165, 1.54) is 0 Å². The van der Waals surface area contributed by atoms with Gasteiger partial charge in [0.25, 0.3) is 0 Å². The van der Waals surface area contributed by atoms with Crippen molar-refractivity contribution in [1.82, 2.24) is 0 Å². The van der Waals surface area contributed by atoms with Gasteiger partial charge in [-0.3, -0.25) is 20.4 Å². The minimum absolute atomic E-state index is 0.120. The summed E-state index contributed by atoms with van der Waals surface area (Å²) in [5.41, 5.74) is 0. The quantitative estimate of drug-likeness (QED) is 0.295. The molecule has 0 fully saturated rings. The van der Waals surface area contributed by atoms with Gasteiger partial charge in [-0.25, -0.2) is 0 Å². The number of halogens is 1. The zero-order valence-corrected chi connectivity index (χ0v) is 14.4. The molecule has 0 saturated heterocycles. The second-order valence-electron chi connectivity index (χ2n) is 3.00. The van der Waals surface area contributed by atoms with Gasteiger partial charge in [-0.05, 0) is 15.8 Å². The van der Waals surface area contributed by atoms with Crippen LogP contribution in [0.4, 0.5) is 0 Å². The Hall–Kier alpha value is 0.654. The topological polar surface area (TPSA) is 51.2 Å². The molecule has 0 atom stereocenters. The maximum atomic E-state index is 7.75. The van der Waals surface area contributed by atoms with E-state index in [9.17, 15) is 0 Å². The summed E-state index contributed by atoms with van der Waals surface area (Å²) in [4.78, 5) is 23.2. The molecule has 0 amide bonds. The summed E-state index contributed by atoms with van der Waals surface area (Å²) >= 11 is 3.35. The second kappa shape index (κ2) is 75.9. The van der Waals surface area contributed by atoms with Crippen molar-refractivity contribution in [3.8, 4) is 0 Å². The predicted molar refractivity (Wildman–Crippen MR) is 78.3 cm³/mol. The van der Waals surface area contributed by atoms with E-state index in [0.29, 0.717) is 0 Å². The van der Waals surface area contributed by atoms with E-state index >= 15 is 0 Å². The van der Waals surface area contributed by atoms with Crippen molar-refractivity contribution in [1.29, 1.82) is 0 Å². The van der Waals surface area contributed by atoms with Crippen molar-refractivity contribution in [2.45, 2.75) is 0 Å². The summed E-state index contributed by atoms with van der Waals surface area (Å²) in [7, 11) is 4.50. The average Bonchev–Trinajstić information content (AvgIpc) is 2.27. The number of hydrogen-bond donors (Lipinski definition) is 0. The predicted octanol–water partition coefficient (Wildman–Crippen LogP) is 2.04. The van der Waals surface area contributed by atoms with Crippen LogP contribution in [0.3, 0.4) is 0 Å². The molecule has 0 N–H and O–H groups in total. The van der Waals surface area contributed by atoms with Gasteiger partial charge in [0.2, 0.25) is 0 Å². The summed E-state index contributed by atoms with van der Waals surface area (Å²) in [5.74, 6) is 0. The molecule has 0 saturated carbocycles. The zero-order chi connectivity index (χ0) is 15.2. The van der Waals surface area contributed by atoms with Crippen LogP contribution in [0.15, 0.2) is 0 Å². The molecule has 0 rings (SSSR count). The van der Waals surface area contributed by atoms with Crippen LogP contribution in [-0.2, 0) is 29.0 Å². The Morgan fingerprint density at radius 3 is 0.625 bits per heavy atom. The van der Waals surface area contributed by atoms with Crippen molar-refractivity contribution >= 4 is 46.4 Å². The molecule has 0 bridgehead atoms. The van der Waals surface area contributed by atoms with Crippen LogP contribution in [0.2, 0.25) is 0 Å². The minimum atomic E-state index is 0.120. The van der Waals surface area contributed by atoms with E-state index in [1.54, 1.807) is 0 Å². The van der Waals surface area contributed by atoms with Crippen LogP contribution in [-0.4, -0.2) is 60.4 Å². The molecule has 0 aromatic carbocycles. The van der Waals surface area contributed by atoms with E-state index in [2.05, 4.69) is 85.1 Å². The monoisotopic (exact) mass is 334 g/mol. The second-order valence-corrected chi connectivity index (χ2v) is 9.00. The molecule has 0 aliphatic carbocycles. The van der Waals surface area contributed by atoms with E-state index in [4.69, 9.17) is 14.4 Å². The molecule has 0 aromatic rings. The molecule has 0 heterocycles. The Labute approximate surface area is 115 Å². The Kier molecular flexibility index (Phi) is 171. The van der Waals surface area contributed by atoms with Gasteiger partial charge in [0.05, 0.1) is 0 Å². The maximum absolute atomic E-state index is 7.75. The summed E-state index contributed by atoms with van der Waals surface area (Å²) < 4.78 is 0. The van der Waals surface area contributed by atoms with Gasteiger partial charge in [-0.15, -0.1) is 0 Å². The molecular formula is C9H23ClNiO3P2-. The fraction of sp³-hybridized carbons (Fsp3) is 0.667. The van der Waals surface area contributed by atoms with Crippen molar-refractivity contribution in [2.75, 3.05) is 40.0 Å². The molecule has 0 aliphatic rings. The third-order valence-electron chi connectivity index (χ3n) is 0.